The highest BCUT2D eigenvalue weighted by Gasteiger charge is 2.18. The molecule has 1 unspecified atom stereocenters. The first-order chi connectivity index (χ1) is 9.52. The maximum absolute atomic E-state index is 13.6. The van der Waals surface area contributed by atoms with Crippen LogP contribution >= 0.6 is 31.9 Å². The maximum atomic E-state index is 13.6. The van der Waals surface area contributed by atoms with Gasteiger partial charge in [-0.1, -0.05) is 44.8 Å². The molecule has 0 radical (unpaired) electrons. The van der Waals surface area contributed by atoms with Crippen LogP contribution in [0.2, 0.25) is 0 Å². The van der Waals surface area contributed by atoms with Crippen molar-refractivity contribution in [3.63, 3.8) is 0 Å². The van der Waals surface area contributed by atoms with E-state index in [0.29, 0.717) is 0 Å². The molecule has 1 atom stereocenters. The highest BCUT2D eigenvalue weighted by molar-refractivity contribution is 9.11. The Morgan fingerprint density at radius 1 is 1.10 bits per heavy atom. The second-order valence-corrected chi connectivity index (χ2v) is 6.43. The second kappa shape index (κ2) is 6.83. The van der Waals surface area contributed by atoms with Gasteiger partial charge in [0.1, 0.15) is 5.82 Å². The van der Waals surface area contributed by atoms with Crippen molar-refractivity contribution in [1.29, 1.82) is 0 Å². The largest absolute Gasteiger partial charge is 0.306 e. The molecule has 2 aromatic carbocycles. The molecule has 1 N–H and O–H groups in total. The quantitative estimate of drug-likeness (QED) is 0.728. The van der Waals surface area contributed by atoms with E-state index in [9.17, 15) is 4.39 Å². The first-order valence-electron chi connectivity index (χ1n) is 6.47. The van der Waals surface area contributed by atoms with Gasteiger partial charge in [-0.25, -0.2) is 4.39 Å². The summed E-state index contributed by atoms with van der Waals surface area (Å²) in [6.45, 7) is 4.86. The molecule has 0 amide bonds. The fourth-order valence-electron chi connectivity index (χ4n) is 2.25. The zero-order chi connectivity index (χ0) is 14.7. The van der Waals surface area contributed by atoms with Crippen molar-refractivity contribution >= 4 is 31.9 Å². The Bertz CT molecular complexity index is 562. The van der Waals surface area contributed by atoms with Gasteiger partial charge in [-0.2, -0.15) is 0 Å². The third kappa shape index (κ3) is 3.48. The monoisotopic (exact) mass is 399 g/mol. The number of halogens is 3. The summed E-state index contributed by atoms with van der Waals surface area (Å²) in [6.07, 6.45) is 0. The Morgan fingerprint density at radius 2 is 1.85 bits per heavy atom. The Labute approximate surface area is 135 Å². The average molecular weight is 401 g/mol. The second-order valence-electron chi connectivity index (χ2n) is 4.66. The third-order valence-electron chi connectivity index (χ3n) is 3.23. The van der Waals surface area contributed by atoms with Gasteiger partial charge in [0.2, 0.25) is 0 Å². The summed E-state index contributed by atoms with van der Waals surface area (Å²) in [6, 6.07) is 10.9. The van der Waals surface area contributed by atoms with E-state index in [1.165, 1.54) is 6.07 Å². The van der Waals surface area contributed by atoms with Crippen molar-refractivity contribution in [3.8, 4) is 0 Å². The molecule has 0 heterocycles. The zero-order valence-electron chi connectivity index (χ0n) is 11.4. The van der Waals surface area contributed by atoms with Crippen molar-refractivity contribution in [2.24, 2.45) is 0 Å². The fraction of sp³-hybridized carbons (Fsp3) is 0.250. The number of hydrogen-bond acceptors (Lipinski definition) is 1. The molecule has 0 aliphatic heterocycles. The Balaban J connectivity index is 2.55. The van der Waals surface area contributed by atoms with E-state index in [1.807, 2.05) is 32.0 Å². The molecule has 1 nitrogen and oxygen atoms in total. The first kappa shape index (κ1) is 15.7. The molecule has 4 heteroatoms. The van der Waals surface area contributed by atoms with Crippen LogP contribution in [-0.2, 0) is 0 Å². The number of nitrogens with one attached hydrogen (secondary N) is 1. The Kier molecular flexibility index (Phi) is 5.35. The van der Waals surface area contributed by atoms with Gasteiger partial charge in [0.25, 0.3) is 0 Å². The lowest BCUT2D eigenvalue weighted by Gasteiger charge is -2.22. The lowest BCUT2D eigenvalue weighted by molar-refractivity contribution is 0.599. The minimum Gasteiger partial charge on any atom is -0.306 e. The minimum absolute atomic E-state index is 0.0393. The Hall–Kier alpha value is -0.710. The number of rotatable bonds is 4. The van der Waals surface area contributed by atoms with Gasteiger partial charge in [0.05, 0.1) is 6.04 Å². The van der Waals surface area contributed by atoms with Crippen LogP contribution in [0.4, 0.5) is 4.39 Å². The molecule has 0 bridgehead atoms. The summed E-state index contributed by atoms with van der Waals surface area (Å²) in [4.78, 5) is 0. The van der Waals surface area contributed by atoms with Crippen LogP contribution in [0.25, 0.3) is 0 Å². The predicted octanol–water partition coefficient (Wildman–Crippen LogP) is 5.36. The van der Waals surface area contributed by atoms with Gasteiger partial charge in [-0.3, -0.25) is 0 Å². The van der Waals surface area contributed by atoms with Crippen LogP contribution in [-0.4, -0.2) is 6.54 Å². The number of benzene rings is 2. The summed E-state index contributed by atoms with van der Waals surface area (Å²) in [5.74, 6) is -0.209. The van der Waals surface area contributed by atoms with Crippen LogP contribution < -0.4 is 5.32 Å². The maximum Gasteiger partial charge on any atom is 0.123 e. The molecule has 106 valence electrons. The number of aryl methyl sites for hydroxylation is 1. The topological polar surface area (TPSA) is 12.0 Å². The van der Waals surface area contributed by atoms with Gasteiger partial charge in [0, 0.05) is 8.95 Å². The van der Waals surface area contributed by atoms with E-state index >= 15 is 0 Å². The van der Waals surface area contributed by atoms with Gasteiger partial charge in [-0.15, -0.1) is 0 Å². The van der Waals surface area contributed by atoms with Crippen LogP contribution in [0.3, 0.4) is 0 Å². The molecule has 0 aromatic heterocycles. The van der Waals surface area contributed by atoms with E-state index in [4.69, 9.17) is 0 Å². The van der Waals surface area contributed by atoms with E-state index in [2.05, 4.69) is 43.2 Å². The van der Waals surface area contributed by atoms with Crippen LogP contribution in [0.15, 0.2) is 45.3 Å². The molecule has 2 aromatic rings. The molecule has 0 saturated heterocycles. The molecular weight excluding hydrogens is 385 g/mol. The van der Waals surface area contributed by atoms with Gasteiger partial charge in [0.15, 0.2) is 0 Å². The van der Waals surface area contributed by atoms with E-state index in [1.54, 1.807) is 6.07 Å². The summed E-state index contributed by atoms with van der Waals surface area (Å²) in [5.41, 5.74) is 3.13. The molecule has 0 aliphatic rings. The van der Waals surface area contributed by atoms with E-state index in [0.717, 1.165) is 32.2 Å². The summed E-state index contributed by atoms with van der Waals surface area (Å²) < 4.78 is 15.6. The molecule has 20 heavy (non-hydrogen) atoms. The predicted molar refractivity (Wildman–Crippen MR) is 88.5 cm³/mol. The highest BCUT2D eigenvalue weighted by atomic mass is 79.9. The molecule has 2 rings (SSSR count). The van der Waals surface area contributed by atoms with Crippen molar-refractivity contribution in [2.45, 2.75) is 19.9 Å². The SMILES string of the molecule is CCNC(c1cc(F)ccc1C)c1cc(Br)ccc1Br. The fourth-order valence-corrected chi connectivity index (χ4v) is 3.10. The standard InChI is InChI=1S/C16H16Br2FN/c1-3-20-16(13-9-12(19)6-4-10(13)2)14-8-11(17)5-7-15(14)18/h4-9,16,20H,3H2,1-2H3. The number of hydrogen-bond donors (Lipinski definition) is 1. The Morgan fingerprint density at radius 3 is 2.55 bits per heavy atom. The lowest BCUT2D eigenvalue weighted by Crippen LogP contribution is -2.23. The van der Waals surface area contributed by atoms with Crippen molar-refractivity contribution in [2.75, 3.05) is 6.54 Å². The van der Waals surface area contributed by atoms with E-state index in [-0.39, 0.29) is 11.9 Å². The summed E-state index contributed by atoms with van der Waals surface area (Å²) >= 11 is 7.09. The summed E-state index contributed by atoms with van der Waals surface area (Å²) in [7, 11) is 0. The van der Waals surface area contributed by atoms with E-state index < -0.39 is 0 Å². The lowest BCUT2D eigenvalue weighted by atomic mass is 9.95. The van der Waals surface area contributed by atoms with Crippen molar-refractivity contribution in [3.05, 3.63) is 67.9 Å². The zero-order valence-corrected chi connectivity index (χ0v) is 14.6. The van der Waals surface area contributed by atoms with Crippen molar-refractivity contribution < 1.29 is 4.39 Å². The molecule has 0 spiro atoms. The summed E-state index contributed by atoms with van der Waals surface area (Å²) in [5, 5.41) is 3.43. The van der Waals surface area contributed by atoms with Gasteiger partial charge >= 0.3 is 0 Å². The first-order valence-corrected chi connectivity index (χ1v) is 8.06. The molecular formula is C16H16Br2FN. The van der Waals surface area contributed by atoms with Gasteiger partial charge < -0.3 is 5.32 Å². The van der Waals surface area contributed by atoms with Crippen LogP contribution in [0, 0.1) is 12.7 Å². The molecule has 0 aliphatic carbocycles. The van der Waals surface area contributed by atoms with Crippen LogP contribution in [0.1, 0.15) is 29.7 Å². The normalized spacial score (nSPS) is 12.4. The van der Waals surface area contributed by atoms with Crippen LogP contribution in [0.5, 0.6) is 0 Å². The average Bonchev–Trinajstić information content (AvgIpc) is 2.42. The van der Waals surface area contributed by atoms with Crippen molar-refractivity contribution in [1.82, 2.24) is 5.32 Å². The smallest absolute Gasteiger partial charge is 0.123 e. The highest BCUT2D eigenvalue weighted by Crippen LogP contribution is 2.32. The minimum atomic E-state index is -0.209. The molecule has 0 saturated carbocycles. The third-order valence-corrected chi connectivity index (χ3v) is 4.45. The van der Waals surface area contributed by atoms with Gasteiger partial charge in [-0.05, 0) is 60.5 Å². The molecule has 0 fully saturated rings.